The van der Waals surface area contributed by atoms with Gasteiger partial charge in [0, 0.05) is 18.3 Å². The maximum absolute atomic E-state index is 11.8. The van der Waals surface area contributed by atoms with Gasteiger partial charge in [0.05, 0.1) is 5.75 Å². The van der Waals surface area contributed by atoms with Crippen LogP contribution in [0.5, 0.6) is 0 Å². The summed E-state index contributed by atoms with van der Waals surface area (Å²) in [5.74, 6) is 0.526. The van der Waals surface area contributed by atoms with Gasteiger partial charge in [0.2, 0.25) is 10.0 Å². The third-order valence-corrected chi connectivity index (χ3v) is 4.06. The normalized spacial score (nSPS) is 12.1. The predicted octanol–water partition coefficient (Wildman–Crippen LogP) is 2.55. The van der Waals surface area contributed by atoms with Crippen molar-refractivity contribution in [3.05, 3.63) is 29.8 Å². The molecule has 2 N–H and O–H groups in total. The molecule has 0 saturated carbocycles. The van der Waals surface area contributed by atoms with Crippen molar-refractivity contribution in [2.45, 2.75) is 39.7 Å². The molecule has 0 aliphatic rings. The molecule has 5 heteroatoms. The zero-order valence-electron chi connectivity index (χ0n) is 12.1. The van der Waals surface area contributed by atoms with Crippen molar-refractivity contribution in [1.29, 1.82) is 0 Å². The quantitative estimate of drug-likeness (QED) is 0.809. The highest BCUT2D eigenvalue weighted by atomic mass is 32.2. The topological polar surface area (TPSA) is 58.2 Å². The standard InChI is InChI=1S/C14H24N2O2S/c1-11(2)13-5-7-14(8-6-13)16-19(17,18)10-9-15-12(3)4/h5-8,11-12,15-16H,9-10H2,1-4H3. The van der Waals surface area contributed by atoms with Crippen molar-refractivity contribution in [2.75, 3.05) is 17.0 Å². The van der Waals surface area contributed by atoms with Crippen molar-refractivity contribution in [3.63, 3.8) is 0 Å². The third kappa shape index (κ3) is 6.07. The van der Waals surface area contributed by atoms with Gasteiger partial charge in [-0.15, -0.1) is 0 Å². The molecule has 0 spiro atoms. The summed E-state index contributed by atoms with van der Waals surface area (Å²) in [5.41, 5.74) is 1.82. The van der Waals surface area contributed by atoms with Crippen molar-refractivity contribution in [2.24, 2.45) is 0 Å². The van der Waals surface area contributed by atoms with Gasteiger partial charge in [-0.25, -0.2) is 8.42 Å². The molecule has 108 valence electrons. The monoisotopic (exact) mass is 284 g/mol. The lowest BCUT2D eigenvalue weighted by Crippen LogP contribution is -2.30. The van der Waals surface area contributed by atoms with Gasteiger partial charge in [0.15, 0.2) is 0 Å². The van der Waals surface area contributed by atoms with Crippen molar-refractivity contribution in [3.8, 4) is 0 Å². The largest absolute Gasteiger partial charge is 0.313 e. The molecule has 1 aromatic carbocycles. The van der Waals surface area contributed by atoms with Crippen LogP contribution in [0.15, 0.2) is 24.3 Å². The average molecular weight is 284 g/mol. The van der Waals surface area contributed by atoms with Crippen molar-refractivity contribution in [1.82, 2.24) is 5.32 Å². The Morgan fingerprint density at radius 3 is 2.11 bits per heavy atom. The zero-order valence-corrected chi connectivity index (χ0v) is 12.9. The molecule has 0 aliphatic heterocycles. The molecule has 0 unspecified atom stereocenters. The molecule has 1 aromatic rings. The molecule has 0 amide bonds. The second-order valence-electron chi connectivity index (χ2n) is 5.31. The lowest BCUT2D eigenvalue weighted by molar-refractivity contribution is 0.582. The predicted molar refractivity (Wildman–Crippen MR) is 81.1 cm³/mol. The van der Waals surface area contributed by atoms with Gasteiger partial charge >= 0.3 is 0 Å². The van der Waals surface area contributed by atoms with Gasteiger partial charge in [-0.3, -0.25) is 4.72 Å². The lowest BCUT2D eigenvalue weighted by Gasteiger charge is -2.11. The molecular weight excluding hydrogens is 260 g/mol. The summed E-state index contributed by atoms with van der Waals surface area (Å²) in [6.45, 7) is 8.65. The Kier molecular flexibility index (Phi) is 5.82. The van der Waals surface area contributed by atoms with E-state index in [1.807, 2.05) is 38.1 Å². The van der Waals surface area contributed by atoms with Gasteiger partial charge in [0.25, 0.3) is 0 Å². The van der Waals surface area contributed by atoms with Crippen LogP contribution in [0.4, 0.5) is 5.69 Å². The first-order valence-electron chi connectivity index (χ1n) is 6.64. The molecule has 19 heavy (non-hydrogen) atoms. The van der Waals surface area contributed by atoms with Gasteiger partial charge in [-0.2, -0.15) is 0 Å². The van der Waals surface area contributed by atoms with E-state index in [2.05, 4.69) is 23.9 Å². The maximum Gasteiger partial charge on any atom is 0.233 e. The van der Waals surface area contributed by atoms with Gasteiger partial charge in [-0.05, 0) is 23.6 Å². The summed E-state index contributed by atoms with van der Waals surface area (Å²) in [6, 6.07) is 7.82. The van der Waals surface area contributed by atoms with Crippen LogP contribution < -0.4 is 10.0 Å². The Balaban J connectivity index is 2.57. The molecule has 0 radical (unpaired) electrons. The van der Waals surface area contributed by atoms with Gasteiger partial charge in [0.1, 0.15) is 0 Å². The smallest absolute Gasteiger partial charge is 0.233 e. The second kappa shape index (κ2) is 6.91. The van der Waals surface area contributed by atoms with Crippen LogP contribution >= 0.6 is 0 Å². The lowest BCUT2D eigenvalue weighted by atomic mass is 10.0. The molecule has 0 saturated heterocycles. The molecule has 1 rings (SSSR count). The molecule has 0 aliphatic carbocycles. The number of benzene rings is 1. The summed E-state index contributed by atoms with van der Waals surface area (Å²) in [7, 11) is -3.28. The molecular formula is C14H24N2O2S. The fourth-order valence-corrected chi connectivity index (χ4v) is 2.63. The number of hydrogen-bond donors (Lipinski definition) is 2. The van der Waals surface area contributed by atoms with Gasteiger partial charge < -0.3 is 5.32 Å². The van der Waals surface area contributed by atoms with E-state index in [9.17, 15) is 8.42 Å². The molecule has 0 aromatic heterocycles. The van der Waals surface area contributed by atoms with E-state index in [-0.39, 0.29) is 5.75 Å². The van der Waals surface area contributed by atoms with E-state index in [1.165, 1.54) is 5.56 Å². The fraction of sp³-hybridized carbons (Fsp3) is 0.571. The minimum atomic E-state index is -3.28. The van der Waals surface area contributed by atoms with Crippen LogP contribution in [0, 0.1) is 0 Å². The minimum absolute atomic E-state index is 0.0805. The van der Waals surface area contributed by atoms with Crippen LogP contribution in [0.1, 0.15) is 39.2 Å². The van der Waals surface area contributed by atoms with Crippen LogP contribution in [-0.4, -0.2) is 26.8 Å². The molecule has 0 fully saturated rings. The number of nitrogens with one attached hydrogen (secondary N) is 2. The minimum Gasteiger partial charge on any atom is -0.313 e. The molecule has 0 bridgehead atoms. The number of rotatable bonds is 7. The highest BCUT2D eigenvalue weighted by Gasteiger charge is 2.10. The van der Waals surface area contributed by atoms with E-state index in [0.717, 1.165) is 0 Å². The maximum atomic E-state index is 11.8. The molecule has 0 atom stereocenters. The Bertz CT molecular complexity index is 479. The van der Waals surface area contributed by atoms with E-state index in [1.54, 1.807) is 0 Å². The number of sulfonamides is 1. The fourth-order valence-electron chi connectivity index (χ4n) is 1.65. The van der Waals surface area contributed by atoms with Gasteiger partial charge in [-0.1, -0.05) is 39.8 Å². The second-order valence-corrected chi connectivity index (χ2v) is 7.15. The van der Waals surface area contributed by atoms with Crippen LogP contribution in [-0.2, 0) is 10.0 Å². The van der Waals surface area contributed by atoms with E-state index in [4.69, 9.17) is 0 Å². The first kappa shape index (κ1) is 16.0. The Morgan fingerprint density at radius 2 is 1.63 bits per heavy atom. The average Bonchev–Trinajstić information content (AvgIpc) is 2.28. The van der Waals surface area contributed by atoms with Crippen LogP contribution in [0.3, 0.4) is 0 Å². The highest BCUT2D eigenvalue weighted by molar-refractivity contribution is 7.92. The first-order valence-corrected chi connectivity index (χ1v) is 8.29. The van der Waals surface area contributed by atoms with Crippen molar-refractivity contribution < 1.29 is 8.42 Å². The SMILES string of the molecule is CC(C)NCCS(=O)(=O)Nc1ccc(C(C)C)cc1. The Labute approximate surface area is 116 Å². The molecule has 4 nitrogen and oxygen atoms in total. The molecule has 0 heterocycles. The zero-order chi connectivity index (χ0) is 14.5. The van der Waals surface area contributed by atoms with Crippen LogP contribution in [0.25, 0.3) is 0 Å². The van der Waals surface area contributed by atoms with Crippen molar-refractivity contribution >= 4 is 15.7 Å². The first-order chi connectivity index (χ1) is 8.80. The Hall–Kier alpha value is -1.07. The third-order valence-electron chi connectivity index (χ3n) is 2.77. The Morgan fingerprint density at radius 1 is 1.05 bits per heavy atom. The van der Waals surface area contributed by atoms with E-state index in [0.29, 0.717) is 24.2 Å². The van der Waals surface area contributed by atoms with Crippen LogP contribution in [0.2, 0.25) is 0 Å². The summed E-state index contributed by atoms with van der Waals surface area (Å²) < 4.78 is 26.3. The number of anilines is 1. The summed E-state index contributed by atoms with van der Waals surface area (Å²) in [4.78, 5) is 0. The van der Waals surface area contributed by atoms with E-state index >= 15 is 0 Å². The summed E-state index contributed by atoms with van der Waals surface area (Å²) >= 11 is 0. The summed E-state index contributed by atoms with van der Waals surface area (Å²) in [6.07, 6.45) is 0. The highest BCUT2D eigenvalue weighted by Crippen LogP contribution is 2.17. The number of hydrogen-bond acceptors (Lipinski definition) is 3. The van der Waals surface area contributed by atoms with E-state index < -0.39 is 10.0 Å². The summed E-state index contributed by atoms with van der Waals surface area (Å²) in [5, 5.41) is 3.09.